The number of Topliss-reactive ketones (excluding diaryl/α,β-unsaturated/α-hetero) is 1. The number of hydrogen-bond acceptors (Lipinski definition) is 5. The van der Waals surface area contributed by atoms with Crippen LogP contribution in [0.3, 0.4) is 0 Å². The first kappa shape index (κ1) is 20.2. The van der Waals surface area contributed by atoms with Crippen molar-refractivity contribution in [3.8, 4) is 17.2 Å². The largest absolute Gasteiger partial charge is 0.507 e. The molecule has 0 atom stereocenters. The van der Waals surface area contributed by atoms with Gasteiger partial charge < -0.3 is 19.5 Å². The number of phenols is 2. The van der Waals surface area contributed by atoms with Crippen LogP contribution >= 0.6 is 0 Å². The summed E-state index contributed by atoms with van der Waals surface area (Å²) < 4.78 is 7.13. The van der Waals surface area contributed by atoms with Crippen molar-refractivity contribution in [2.45, 2.75) is 13.8 Å². The quantitative estimate of drug-likeness (QED) is 0.280. The molecule has 1 heterocycles. The minimum atomic E-state index is -0.885. The van der Waals surface area contributed by atoms with Gasteiger partial charge in [0.2, 0.25) is 5.78 Å². The Bertz CT molecular complexity index is 1300. The SMILES string of the molecule is Cc1cc(C(=O)COC(=O)c2cc(O)c3ccccc3c2O)c(C)n1-c1ccccc1. The molecule has 0 aliphatic heterocycles. The Morgan fingerprint density at radius 2 is 1.52 bits per heavy atom. The fourth-order valence-electron chi connectivity index (χ4n) is 3.80. The molecule has 4 aromatic rings. The lowest BCUT2D eigenvalue weighted by Gasteiger charge is -2.11. The number of esters is 1. The summed E-state index contributed by atoms with van der Waals surface area (Å²) in [4.78, 5) is 25.3. The summed E-state index contributed by atoms with van der Waals surface area (Å²) in [5.41, 5.74) is 2.83. The number of hydrogen-bond donors (Lipinski definition) is 2. The zero-order valence-electron chi connectivity index (χ0n) is 17.1. The summed E-state index contributed by atoms with van der Waals surface area (Å²) in [6.07, 6.45) is 0. The fraction of sp³-hybridized carbons (Fsp3) is 0.120. The van der Waals surface area contributed by atoms with Crippen molar-refractivity contribution in [2.24, 2.45) is 0 Å². The van der Waals surface area contributed by atoms with Crippen LogP contribution in [-0.2, 0) is 4.74 Å². The van der Waals surface area contributed by atoms with Crippen LogP contribution in [0.25, 0.3) is 16.5 Å². The van der Waals surface area contributed by atoms with E-state index in [2.05, 4.69) is 0 Å². The molecule has 0 unspecified atom stereocenters. The summed E-state index contributed by atoms with van der Waals surface area (Å²) in [6, 6.07) is 19.2. The second kappa shape index (κ2) is 7.99. The molecule has 0 fully saturated rings. The Morgan fingerprint density at radius 1 is 0.871 bits per heavy atom. The monoisotopic (exact) mass is 415 g/mol. The number of phenolic OH excluding ortho intramolecular Hbond substituents is 2. The van der Waals surface area contributed by atoms with Crippen molar-refractivity contribution < 1.29 is 24.5 Å². The van der Waals surface area contributed by atoms with Gasteiger partial charge in [-0.05, 0) is 38.1 Å². The van der Waals surface area contributed by atoms with Crippen LogP contribution in [0.15, 0.2) is 66.7 Å². The average Bonchev–Trinajstić information content (AvgIpc) is 3.09. The van der Waals surface area contributed by atoms with Crippen molar-refractivity contribution >= 4 is 22.5 Å². The minimum Gasteiger partial charge on any atom is -0.507 e. The first-order valence-electron chi connectivity index (χ1n) is 9.77. The van der Waals surface area contributed by atoms with Gasteiger partial charge in [-0.3, -0.25) is 4.79 Å². The molecule has 0 amide bonds. The van der Waals surface area contributed by atoms with E-state index in [0.717, 1.165) is 23.1 Å². The topological polar surface area (TPSA) is 88.8 Å². The number of carbonyl (C=O) groups excluding carboxylic acids is 2. The molecular weight excluding hydrogens is 394 g/mol. The van der Waals surface area contributed by atoms with Crippen molar-refractivity contribution in [3.05, 3.63) is 89.2 Å². The molecule has 2 N–H and O–H groups in total. The molecule has 0 spiro atoms. The van der Waals surface area contributed by atoms with E-state index >= 15 is 0 Å². The second-order valence-corrected chi connectivity index (χ2v) is 7.29. The van der Waals surface area contributed by atoms with Crippen molar-refractivity contribution in [3.63, 3.8) is 0 Å². The molecule has 3 aromatic carbocycles. The predicted molar refractivity (Wildman–Crippen MR) is 117 cm³/mol. The van der Waals surface area contributed by atoms with Gasteiger partial charge in [-0.25, -0.2) is 4.79 Å². The summed E-state index contributed by atoms with van der Waals surface area (Å²) in [5, 5.41) is 21.4. The van der Waals surface area contributed by atoms with Gasteiger partial charge in [0, 0.05) is 33.4 Å². The fourth-order valence-corrected chi connectivity index (χ4v) is 3.80. The standard InChI is InChI=1S/C25H21NO5/c1-15-12-20(16(2)26(15)17-8-4-3-5-9-17)23(28)14-31-25(30)21-13-22(27)18-10-6-7-11-19(18)24(21)29/h3-13,27,29H,14H2,1-2H3. The zero-order valence-corrected chi connectivity index (χ0v) is 17.1. The van der Waals surface area contributed by atoms with E-state index in [1.807, 2.05) is 48.7 Å². The van der Waals surface area contributed by atoms with Crippen LogP contribution in [0.2, 0.25) is 0 Å². The summed E-state index contributed by atoms with van der Waals surface area (Å²) in [7, 11) is 0. The average molecular weight is 415 g/mol. The summed E-state index contributed by atoms with van der Waals surface area (Å²) >= 11 is 0. The van der Waals surface area contributed by atoms with E-state index in [1.165, 1.54) is 0 Å². The Hall–Kier alpha value is -4.06. The van der Waals surface area contributed by atoms with Crippen LogP contribution in [0, 0.1) is 13.8 Å². The van der Waals surface area contributed by atoms with Crippen LogP contribution in [0.5, 0.6) is 11.5 Å². The number of fused-ring (bicyclic) bond motifs is 1. The molecule has 0 radical (unpaired) electrons. The highest BCUT2D eigenvalue weighted by molar-refractivity contribution is 6.05. The van der Waals surface area contributed by atoms with E-state index in [1.54, 1.807) is 30.3 Å². The highest BCUT2D eigenvalue weighted by Crippen LogP contribution is 2.35. The van der Waals surface area contributed by atoms with E-state index in [4.69, 9.17) is 4.74 Å². The predicted octanol–water partition coefficient (Wildman–Crippen LogP) is 4.70. The van der Waals surface area contributed by atoms with Gasteiger partial charge in [-0.15, -0.1) is 0 Å². The Kier molecular flexibility index (Phi) is 5.21. The maximum Gasteiger partial charge on any atom is 0.342 e. The van der Waals surface area contributed by atoms with E-state index < -0.39 is 12.6 Å². The lowest BCUT2D eigenvalue weighted by atomic mass is 10.0. The van der Waals surface area contributed by atoms with Gasteiger partial charge in [0.1, 0.15) is 17.1 Å². The van der Waals surface area contributed by atoms with Crippen LogP contribution < -0.4 is 0 Å². The van der Waals surface area contributed by atoms with Gasteiger partial charge >= 0.3 is 5.97 Å². The number of aromatic hydroxyl groups is 2. The molecule has 1 aromatic heterocycles. The zero-order chi connectivity index (χ0) is 22.1. The molecule has 156 valence electrons. The third-order valence-corrected chi connectivity index (χ3v) is 5.29. The smallest absolute Gasteiger partial charge is 0.342 e. The molecular formula is C25H21NO5. The number of rotatable bonds is 5. The number of aryl methyl sites for hydroxylation is 1. The highest BCUT2D eigenvalue weighted by atomic mass is 16.5. The first-order chi connectivity index (χ1) is 14.9. The van der Waals surface area contributed by atoms with E-state index in [0.29, 0.717) is 16.3 Å². The third kappa shape index (κ3) is 3.64. The van der Waals surface area contributed by atoms with Crippen molar-refractivity contribution in [2.75, 3.05) is 6.61 Å². The van der Waals surface area contributed by atoms with Gasteiger partial charge in [0.15, 0.2) is 6.61 Å². The van der Waals surface area contributed by atoms with E-state index in [-0.39, 0.29) is 22.8 Å². The van der Waals surface area contributed by atoms with Crippen molar-refractivity contribution in [1.82, 2.24) is 4.57 Å². The summed E-state index contributed by atoms with van der Waals surface area (Å²) in [5.74, 6) is -1.69. The molecule has 4 rings (SSSR count). The molecule has 31 heavy (non-hydrogen) atoms. The highest BCUT2D eigenvalue weighted by Gasteiger charge is 2.21. The van der Waals surface area contributed by atoms with Crippen LogP contribution in [0.4, 0.5) is 0 Å². The number of carbonyl (C=O) groups is 2. The maximum absolute atomic E-state index is 12.8. The molecule has 0 aliphatic rings. The normalized spacial score (nSPS) is 10.9. The second-order valence-electron chi connectivity index (χ2n) is 7.29. The number of ether oxygens (including phenoxy) is 1. The van der Waals surface area contributed by atoms with Gasteiger partial charge in [0.05, 0.1) is 0 Å². The van der Waals surface area contributed by atoms with Gasteiger partial charge in [-0.1, -0.05) is 42.5 Å². The Labute approximate surface area is 178 Å². The Balaban J connectivity index is 1.56. The third-order valence-electron chi connectivity index (χ3n) is 5.29. The van der Waals surface area contributed by atoms with E-state index in [9.17, 15) is 19.8 Å². The molecule has 0 saturated carbocycles. The number of para-hydroxylation sites is 1. The van der Waals surface area contributed by atoms with Crippen LogP contribution in [0.1, 0.15) is 32.1 Å². The minimum absolute atomic E-state index is 0.155. The first-order valence-corrected chi connectivity index (χ1v) is 9.77. The number of aromatic nitrogens is 1. The number of benzene rings is 3. The lowest BCUT2D eigenvalue weighted by molar-refractivity contribution is 0.0471. The molecule has 0 aliphatic carbocycles. The number of ketones is 1. The lowest BCUT2D eigenvalue weighted by Crippen LogP contribution is -2.15. The van der Waals surface area contributed by atoms with Crippen LogP contribution in [-0.4, -0.2) is 33.1 Å². The molecule has 6 nitrogen and oxygen atoms in total. The summed E-state index contributed by atoms with van der Waals surface area (Å²) in [6.45, 7) is 3.26. The van der Waals surface area contributed by atoms with Gasteiger partial charge in [0.25, 0.3) is 0 Å². The molecule has 0 saturated heterocycles. The number of nitrogens with zero attached hydrogens (tertiary/aromatic N) is 1. The maximum atomic E-state index is 12.8. The molecule has 0 bridgehead atoms. The molecule has 6 heteroatoms. The van der Waals surface area contributed by atoms with Gasteiger partial charge in [-0.2, -0.15) is 0 Å². The Morgan fingerprint density at radius 3 is 2.23 bits per heavy atom. The van der Waals surface area contributed by atoms with Crippen molar-refractivity contribution in [1.29, 1.82) is 0 Å².